The molecule has 1 aromatic rings. The van der Waals surface area contributed by atoms with E-state index in [1.165, 1.54) is 0 Å². The quantitative estimate of drug-likeness (QED) is 0.603. The van der Waals surface area contributed by atoms with Crippen LogP contribution in [0.1, 0.15) is 25.7 Å². The number of nitrogens with one attached hydrogen (secondary N) is 1. The molecule has 0 bridgehead atoms. The van der Waals surface area contributed by atoms with E-state index in [0.717, 1.165) is 43.9 Å². The monoisotopic (exact) mass is 347 g/mol. The van der Waals surface area contributed by atoms with Gasteiger partial charge in [0.1, 0.15) is 4.90 Å². The summed E-state index contributed by atoms with van der Waals surface area (Å²) in [4.78, 5) is 9.88. The first-order valence-electron chi connectivity index (χ1n) is 7.01. The normalized spacial score (nSPS) is 17.5. The van der Waals surface area contributed by atoms with Gasteiger partial charge in [-0.2, -0.15) is 0 Å². The molecule has 0 heterocycles. The molecule has 0 radical (unpaired) electrons. The van der Waals surface area contributed by atoms with Gasteiger partial charge >= 0.3 is 0 Å². The van der Waals surface area contributed by atoms with Crippen LogP contribution in [0.4, 0.5) is 5.69 Å². The summed E-state index contributed by atoms with van der Waals surface area (Å²) < 4.78 is 27.5. The van der Waals surface area contributed by atoms with Crippen LogP contribution in [0.15, 0.2) is 23.1 Å². The van der Waals surface area contributed by atoms with Crippen LogP contribution in [0.25, 0.3) is 0 Å². The molecule has 0 saturated heterocycles. The number of benzene rings is 1. The summed E-state index contributed by atoms with van der Waals surface area (Å²) in [5, 5.41) is 10.5. The van der Waals surface area contributed by atoms with Crippen molar-refractivity contribution in [1.29, 1.82) is 0 Å². The number of hydrogen-bond acceptors (Lipinski definition) is 5. The molecule has 1 aliphatic rings. The van der Waals surface area contributed by atoms with E-state index in [2.05, 4.69) is 4.72 Å². The summed E-state index contributed by atoms with van der Waals surface area (Å²) in [5.74, 6) is 0.219. The van der Waals surface area contributed by atoms with Crippen molar-refractivity contribution in [2.45, 2.75) is 36.6 Å². The van der Waals surface area contributed by atoms with Gasteiger partial charge in [-0.05, 0) is 24.8 Å². The highest BCUT2D eigenvalue weighted by molar-refractivity contribution is 7.89. The number of rotatable bonds is 6. The molecule has 1 aliphatic carbocycles. The van der Waals surface area contributed by atoms with E-state index in [-0.39, 0.29) is 34.1 Å². The van der Waals surface area contributed by atoms with Gasteiger partial charge in [0.05, 0.1) is 9.95 Å². The fourth-order valence-electron chi connectivity index (χ4n) is 2.78. The summed E-state index contributed by atoms with van der Waals surface area (Å²) in [6.45, 7) is 0.203. The Labute approximate surface area is 134 Å². The average Bonchev–Trinajstić information content (AvgIpc) is 2.98. The van der Waals surface area contributed by atoms with Crippen LogP contribution in [-0.4, -0.2) is 25.9 Å². The van der Waals surface area contributed by atoms with E-state index >= 15 is 0 Å². The maximum Gasteiger partial charge on any atom is 0.271 e. The molecule has 2 rings (SSSR count). The molecule has 22 heavy (non-hydrogen) atoms. The maximum atomic E-state index is 12.4. The van der Waals surface area contributed by atoms with Gasteiger partial charge in [-0.15, -0.1) is 0 Å². The van der Waals surface area contributed by atoms with Crippen molar-refractivity contribution >= 4 is 27.3 Å². The number of halogens is 1. The van der Waals surface area contributed by atoms with Crippen LogP contribution in [0, 0.1) is 16.0 Å². The molecule has 1 saturated carbocycles. The highest BCUT2D eigenvalue weighted by Gasteiger charge is 2.29. The van der Waals surface area contributed by atoms with Crippen LogP contribution in [-0.2, 0) is 10.0 Å². The fourth-order valence-corrected chi connectivity index (χ4v) is 4.64. The number of nitro groups is 1. The van der Waals surface area contributed by atoms with Gasteiger partial charge < -0.3 is 5.73 Å². The van der Waals surface area contributed by atoms with E-state index < -0.39 is 14.9 Å². The van der Waals surface area contributed by atoms with E-state index in [4.69, 9.17) is 17.3 Å². The molecule has 0 spiro atoms. The average molecular weight is 348 g/mol. The second kappa shape index (κ2) is 6.91. The van der Waals surface area contributed by atoms with Crippen molar-refractivity contribution in [1.82, 2.24) is 4.72 Å². The highest BCUT2D eigenvalue weighted by Crippen LogP contribution is 2.30. The fraction of sp³-hybridized carbons (Fsp3) is 0.538. The van der Waals surface area contributed by atoms with Crippen LogP contribution in [0.2, 0.25) is 5.02 Å². The summed E-state index contributed by atoms with van der Waals surface area (Å²) in [6.07, 6.45) is 4.03. The Hall–Kier alpha value is -1.22. The zero-order valence-corrected chi connectivity index (χ0v) is 13.4. The van der Waals surface area contributed by atoms with Crippen molar-refractivity contribution in [3.63, 3.8) is 0 Å². The molecule has 1 atom stereocenters. The van der Waals surface area contributed by atoms with Crippen molar-refractivity contribution in [2.24, 2.45) is 11.7 Å². The number of nitrogens with two attached hydrogens (primary N) is 1. The van der Waals surface area contributed by atoms with E-state index in [1.807, 2.05) is 0 Å². The Morgan fingerprint density at radius 1 is 1.41 bits per heavy atom. The Kier molecular flexibility index (Phi) is 5.38. The molecule has 7 nitrogen and oxygen atoms in total. The van der Waals surface area contributed by atoms with Crippen molar-refractivity contribution in [2.75, 3.05) is 6.54 Å². The first-order chi connectivity index (χ1) is 10.3. The lowest BCUT2D eigenvalue weighted by Crippen LogP contribution is -2.44. The third-order valence-electron chi connectivity index (χ3n) is 3.95. The number of nitro benzene ring substituents is 1. The Morgan fingerprint density at radius 3 is 2.55 bits per heavy atom. The van der Waals surface area contributed by atoms with Crippen LogP contribution in [0.3, 0.4) is 0 Å². The van der Waals surface area contributed by atoms with Gasteiger partial charge in [-0.1, -0.05) is 24.4 Å². The van der Waals surface area contributed by atoms with Crippen molar-refractivity contribution < 1.29 is 13.3 Å². The van der Waals surface area contributed by atoms with Crippen molar-refractivity contribution in [3.05, 3.63) is 33.3 Å². The number of sulfonamides is 1. The van der Waals surface area contributed by atoms with Gasteiger partial charge in [0.15, 0.2) is 0 Å². The molecular weight excluding hydrogens is 330 g/mol. The molecule has 1 unspecified atom stereocenters. The van der Waals surface area contributed by atoms with Gasteiger partial charge in [0, 0.05) is 24.7 Å². The smallest absolute Gasteiger partial charge is 0.271 e. The lowest BCUT2D eigenvalue weighted by atomic mass is 9.99. The lowest BCUT2D eigenvalue weighted by Gasteiger charge is -2.23. The third-order valence-corrected chi connectivity index (χ3v) is 5.92. The molecule has 122 valence electrons. The molecule has 0 aliphatic heterocycles. The van der Waals surface area contributed by atoms with Gasteiger partial charge in [-0.25, -0.2) is 13.1 Å². The SMILES string of the molecule is NCC(NS(=O)(=O)c1ccc([N+](=O)[O-])cc1Cl)C1CCCC1. The van der Waals surface area contributed by atoms with Crippen LogP contribution >= 0.6 is 11.6 Å². The Bertz CT molecular complexity index is 659. The minimum Gasteiger partial charge on any atom is -0.329 e. The number of non-ortho nitro benzene ring substituents is 1. The van der Waals surface area contributed by atoms with E-state index in [9.17, 15) is 18.5 Å². The Morgan fingerprint density at radius 2 is 2.05 bits per heavy atom. The lowest BCUT2D eigenvalue weighted by molar-refractivity contribution is -0.384. The second-order valence-electron chi connectivity index (χ2n) is 5.38. The number of hydrogen-bond donors (Lipinski definition) is 2. The van der Waals surface area contributed by atoms with Gasteiger partial charge in [0.2, 0.25) is 10.0 Å². The zero-order chi connectivity index (χ0) is 16.3. The highest BCUT2D eigenvalue weighted by atomic mass is 35.5. The molecule has 1 fully saturated rings. The zero-order valence-electron chi connectivity index (χ0n) is 11.9. The topological polar surface area (TPSA) is 115 Å². The van der Waals surface area contributed by atoms with Crippen molar-refractivity contribution in [3.8, 4) is 0 Å². The standard InChI is InChI=1S/C13H18ClN3O4S/c14-11-7-10(17(18)19)5-6-13(11)22(20,21)16-12(8-15)9-3-1-2-4-9/h5-7,9,12,16H,1-4,8,15H2. The van der Waals surface area contributed by atoms with E-state index in [1.54, 1.807) is 0 Å². The molecule has 9 heteroatoms. The summed E-state index contributed by atoms with van der Waals surface area (Å²) in [6, 6.07) is 2.94. The van der Waals surface area contributed by atoms with Gasteiger partial charge in [0.25, 0.3) is 5.69 Å². The van der Waals surface area contributed by atoms with E-state index in [0.29, 0.717) is 0 Å². The molecule has 0 amide bonds. The number of nitrogens with zero attached hydrogens (tertiary/aromatic N) is 1. The summed E-state index contributed by atoms with van der Waals surface area (Å²) in [7, 11) is -3.87. The van der Waals surface area contributed by atoms with Crippen LogP contribution in [0.5, 0.6) is 0 Å². The Balaban J connectivity index is 2.24. The predicted octanol–water partition coefficient (Wildman–Crippen LogP) is 2.04. The van der Waals surface area contributed by atoms with Crippen LogP contribution < -0.4 is 10.5 Å². The largest absolute Gasteiger partial charge is 0.329 e. The first kappa shape index (κ1) is 17.1. The molecule has 0 aromatic heterocycles. The first-order valence-corrected chi connectivity index (χ1v) is 8.87. The second-order valence-corrected chi connectivity index (χ2v) is 7.47. The molecule has 1 aromatic carbocycles. The maximum absolute atomic E-state index is 12.4. The molecule has 3 N–H and O–H groups in total. The minimum absolute atomic E-state index is 0.170. The third kappa shape index (κ3) is 3.75. The predicted molar refractivity (Wildman–Crippen MR) is 83.2 cm³/mol. The minimum atomic E-state index is -3.87. The summed E-state index contributed by atoms with van der Waals surface area (Å²) >= 11 is 5.89. The molecular formula is C13H18ClN3O4S. The summed E-state index contributed by atoms with van der Waals surface area (Å²) in [5.41, 5.74) is 5.44. The van der Waals surface area contributed by atoms with Gasteiger partial charge in [-0.3, -0.25) is 10.1 Å².